The van der Waals surface area contributed by atoms with E-state index in [4.69, 9.17) is 15.6 Å². The zero-order chi connectivity index (χ0) is 12.8. The number of ether oxygens (including phenoxy) is 1. The maximum atomic E-state index is 12.5. The Labute approximate surface area is 99.2 Å². The SMILES string of the molecule is CC([18F])COc1ccc(C[C@H](N)C(=O)O)cc1. The van der Waals surface area contributed by atoms with Gasteiger partial charge in [0.2, 0.25) is 0 Å². The Hall–Kier alpha value is -1.62. The van der Waals surface area contributed by atoms with Gasteiger partial charge in [0.05, 0.1) is 0 Å². The first-order valence-electron chi connectivity index (χ1n) is 5.33. The molecule has 0 saturated heterocycles. The molecule has 0 bridgehead atoms. The summed E-state index contributed by atoms with van der Waals surface area (Å²) in [5.74, 6) is -0.473. The molecule has 1 aromatic rings. The van der Waals surface area contributed by atoms with Crippen LogP contribution < -0.4 is 10.5 Å². The number of carboxylic acids is 1. The van der Waals surface area contributed by atoms with Gasteiger partial charge in [0.1, 0.15) is 24.6 Å². The van der Waals surface area contributed by atoms with Crippen molar-refractivity contribution in [3.05, 3.63) is 29.8 Å². The van der Waals surface area contributed by atoms with Crippen LogP contribution in [0.3, 0.4) is 0 Å². The fourth-order valence-corrected chi connectivity index (χ4v) is 1.27. The minimum absolute atomic E-state index is 0.00792. The van der Waals surface area contributed by atoms with E-state index >= 15 is 0 Å². The predicted octanol–water partition coefficient (Wildman–Crippen LogP) is 1.38. The van der Waals surface area contributed by atoms with Gasteiger partial charge < -0.3 is 15.6 Å². The Morgan fingerprint density at radius 3 is 2.53 bits per heavy atom. The third kappa shape index (κ3) is 4.82. The first-order chi connectivity index (χ1) is 7.99. The molecule has 17 heavy (non-hydrogen) atoms. The summed E-state index contributed by atoms with van der Waals surface area (Å²) in [4.78, 5) is 10.6. The Bertz CT molecular complexity index is 365. The summed E-state index contributed by atoms with van der Waals surface area (Å²) < 4.78 is 17.7. The van der Waals surface area contributed by atoms with Crippen LogP contribution >= 0.6 is 0 Å². The zero-order valence-corrected chi connectivity index (χ0v) is 9.60. The number of alkyl halides is 1. The van der Waals surface area contributed by atoms with E-state index in [1.807, 2.05) is 0 Å². The van der Waals surface area contributed by atoms with Gasteiger partial charge in [-0.05, 0) is 31.0 Å². The van der Waals surface area contributed by atoms with Crippen LogP contribution in [0.2, 0.25) is 0 Å². The molecule has 1 aromatic carbocycles. The largest absolute Gasteiger partial charge is 0.491 e. The lowest BCUT2D eigenvalue weighted by Crippen LogP contribution is -2.32. The van der Waals surface area contributed by atoms with Gasteiger partial charge in [-0.3, -0.25) is 4.79 Å². The summed E-state index contributed by atoms with van der Waals surface area (Å²) in [6.45, 7) is 1.42. The summed E-state index contributed by atoms with van der Waals surface area (Å²) in [6, 6.07) is 5.88. The highest BCUT2D eigenvalue weighted by atomic mass is 18.2. The summed E-state index contributed by atoms with van der Waals surface area (Å²) in [7, 11) is 0. The molecule has 0 aliphatic heterocycles. The van der Waals surface area contributed by atoms with Crippen molar-refractivity contribution >= 4 is 5.97 Å². The molecule has 0 saturated carbocycles. The Morgan fingerprint density at radius 1 is 1.47 bits per heavy atom. The maximum Gasteiger partial charge on any atom is 0.320 e. The predicted molar refractivity (Wildman–Crippen MR) is 61.8 cm³/mol. The smallest absolute Gasteiger partial charge is 0.320 e. The van der Waals surface area contributed by atoms with Gasteiger partial charge in [-0.1, -0.05) is 12.1 Å². The molecule has 0 aliphatic rings. The van der Waals surface area contributed by atoms with Crippen molar-refractivity contribution in [2.45, 2.75) is 25.6 Å². The minimum atomic E-state index is -1.03. The average molecular weight is 240 g/mol. The number of carbonyl (C=O) groups is 1. The summed E-state index contributed by atoms with van der Waals surface area (Å²) in [6.07, 6.45) is -0.759. The average Bonchev–Trinajstić information content (AvgIpc) is 2.28. The number of hydrogen-bond donors (Lipinski definition) is 2. The van der Waals surface area contributed by atoms with Gasteiger partial charge in [0, 0.05) is 0 Å². The maximum absolute atomic E-state index is 12.5. The third-order valence-corrected chi connectivity index (χ3v) is 2.18. The molecule has 0 heterocycles. The summed E-state index contributed by atoms with van der Waals surface area (Å²) in [5, 5.41) is 8.65. The number of aliphatic carboxylic acids is 1. The molecule has 94 valence electrons. The van der Waals surface area contributed by atoms with Crippen molar-refractivity contribution in [3.63, 3.8) is 0 Å². The van der Waals surface area contributed by atoms with Gasteiger partial charge in [0.15, 0.2) is 0 Å². The normalized spacial score (nSPS) is 14.1. The molecule has 4 nitrogen and oxygen atoms in total. The molecule has 0 spiro atoms. The third-order valence-electron chi connectivity index (χ3n) is 2.18. The number of rotatable bonds is 6. The van der Waals surface area contributed by atoms with Crippen molar-refractivity contribution in [1.29, 1.82) is 0 Å². The quantitative estimate of drug-likeness (QED) is 0.787. The van der Waals surface area contributed by atoms with Gasteiger partial charge in [-0.25, -0.2) is 4.39 Å². The summed E-state index contributed by atoms with van der Waals surface area (Å²) >= 11 is 0. The van der Waals surface area contributed by atoms with Crippen LogP contribution in [0.1, 0.15) is 12.5 Å². The second kappa shape index (κ2) is 6.20. The molecular formula is C12H16FNO3. The first-order valence-corrected chi connectivity index (χ1v) is 5.33. The highest BCUT2D eigenvalue weighted by molar-refractivity contribution is 5.73. The van der Waals surface area contributed by atoms with Crippen molar-refractivity contribution in [1.82, 2.24) is 0 Å². The number of benzene rings is 1. The molecule has 1 unspecified atom stereocenters. The highest BCUT2D eigenvalue weighted by Gasteiger charge is 2.11. The van der Waals surface area contributed by atoms with Crippen molar-refractivity contribution in [2.75, 3.05) is 6.61 Å². The second-order valence-corrected chi connectivity index (χ2v) is 3.88. The molecular weight excluding hydrogens is 224 g/mol. The minimum Gasteiger partial charge on any atom is -0.491 e. The molecule has 0 amide bonds. The van der Waals surface area contributed by atoms with E-state index in [0.717, 1.165) is 5.56 Å². The fraction of sp³-hybridized carbons (Fsp3) is 0.417. The molecule has 3 N–H and O–H groups in total. The summed E-state index contributed by atoms with van der Waals surface area (Å²) in [5.41, 5.74) is 6.21. The van der Waals surface area contributed by atoms with Crippen LogP contribution in [-0.4, -0.2) is 29.9 Å². The van der Waals surface area contributed by atoms with Crippen LogP contribution in [0.4, 0.5) is 4.39 Å². The highest BCUT2D eigenvalue weighted by Crippen LogP contribution is 2.13. The van der Waals surface area contributed by atoms with Crippen molar-refractivity contribution in [3.8, 4) is 5.75 Å². The van der Waals surface area contributed by atoms with Crippen molar-refractivity contribution in [2.24, 2.45) is 5.73 Å². The topological polar surface area (TPSA) is 72.5 Å². The zero-order valence-electron chi connectivity index (χ0n) is 9.60. The van der Waals surface area contributed by atoms with E-state index in [2.05, 4.69) is 0 Å². The fourth-order valence-electron chi connectivity index (χ4n) is 1.27. The van der Waals surface area contributed by atoms with Crippen LogP contribution in [0, 0.1) is 0 Å². The van der Waals surface area contributed by atoms with Crippen LogP contribution in [-0.2, 0) is 11.2 Å². The van der Waals surface area contributed by atoms with Crippen molar-refractivity contribution < 1.29 is 19.0 Å². The van der Waals surface area contributed by atoms with Gasteiger partial charge in [-0.15, -0.1) is 0 Å². The Balaban J connectivity index is 2.53. The van der Waals surface area contributed by atoms with Crippen LogP contribution in [0.25, 0.3) is 0 Å². The molecule has 0 aromatic heterocycles. The van der Waals surface area contributed by atoms with E-state index in [0.29, 0.717) is 5.75 Å². The lowest BCUT2D eigenvalue weighted by atomic mass is 10.1. The van der Waals surface area contributed by atoms with Crippen LogP contribution in [0.5, 0.6) is 5.75 Å². The van der Waals surface area contributed by atoms with Gasteiger partial charge >= 0.3 is 5.97 Å². The Morgan fingerprint density at radius 2 is 2.06 bits per heavy atom. The monoisotopic (exact) mass is 240 g/mol. The molecule has 2 atom stereocenters. The molecule has 0 aliphatic carbocycles. The standard InChI is InChI=1S/C12H16FNO3/c1-8(13)7-17-10-4-2-9(3-5-10)6-11(14)12(15)16/h2-5,8,11H,6-7,14H2,1H3,(H,15,16)/t8?,11-/m0/s1/i13-1. The lowest BCUT2D eigenvalue weighted by Gasteiger charge is -2.09. The van der Waals surface area contributed by atoms with Gasteiger partial charge in [0.25, 0.3) is 0 Å². The van der Waals surface area contributed by atoms with E-state index in [9.17, 15) is 9.18 Å². The molecule has 5 heteroatoms. The first kappa shape index (κ1) is 13.4. The molecule has 0 radical (unpaired) electrons. The lowest BCUT2D eigenvalue weighted by molar-refractivity contribution is -0.138. The van der Waals surface area contributed by atoms with Gasteiger partial charge in [-0.2, -0.15) is 0 Å². The van der Waals surface area contributed by atoms with E-state index < -0.39 is 18.2 Å². The molecule has 0 fully saturated rings. The van der Waals surface area contributed by atoms with E-state index in [1.54, 1.807) is 24.3 Å². The Kier molecular flexibility index (Phi) is 4.90. The number of halogens is 1. The number of hydrogen-bond acceptors (Lipinski definition) is 3. The van der Waals surface area contributed by atoms with E-state index in [-0.39, 0.29) is 13.0 Å². The van der Waals surface area contributed by atoms with E-state index in [1.165, 1.54) is 6.92 Å². The number of carboxylic acid groups (broad SMARTS) is 1. The van der Waals surface area contributed by atoms with Crippen LogP contribution in [0.15, 0.2) is 24.3 Å². The number of nitrogens with two attached hydrogens (primary N) is 1. The molecule has 1 rings (SSSR count). The second-order valence-electron chi connectivity index (χ2n) is 3.88.